The van der Waals surface area contributed by atoms with E-state index in [1.165, 1.54) is 0 Å². The Kier molecular flexibility index (Phi) is 3.31. The predicted octanol–water partition coefficient (Wildman–Crippen LogP) is 1.20. The molecule has 0 amide bonds. The van der Waals surface area contributed by atoms with Crippen LogP contribution >= 0.6 is 15.9 Å². The molecule has 4 rings (SSSR count). The Balaban J connectivity index is 2.16. The number of ether oxygens (including phenoxy) is 1. The molecule has 1 saturated heterocycles. The maximum Gasteiger partial charge on any atom is 0.347 e. The molecule has 8 heteroatoms. The van der Waals surface area contributed by atoms with Gasteiger partial charge in [0.25, 0.3) is 0 Å². The molecule has 3 heterocycles. The number of pyridine rings is 1. The summed E-state index contributed by atoms with van der Waals surface area (Å²) in [4.78, 5) is 17.3. The highest BCUT2D eigenvalue weighted by atomic mass is 79.9. The number of morpholine rings is 1. The van der Waals surface area contributed by atoms with Crippen molar-refractivity contribution in [3.05, 3.63) is 33.2 Å². The van der Waals surface area contributed by atoms with E-state index in [2.05, 4.69) is 20.9 Å². The smallest absolute Gasteiger partial charge is 0.347 e. The molecular weight excluding hydrogens is 362 g/mol. The number of aryl methyl sites for hydroxylation is 1. The number of aromatic nitrogens is 3. The number of nitrogens with zero attached hydrogens (tertiary/aromatic N) is 4. The van der Waals surface area contributed by atoms with Crippen LogP contribution in [0.15, 0.2) is 27.5 Å². The maximum absolute atomic E-state index is 12.8. The fourth-order valence-electron chi connectivity index (χ4n) is 3.12. The molecule has 3 aromatic rings. The molecule has 2 N–H and O–H groups in total. The van der Waals surface area contributed by atoms with Crippen LogP contribution in [-0.2, 0) is 11.8 Å². The van der Waals surface area contributed by atoms with Crippen LogP contribution in [0.4, 0.5) is 5.82 Å². The minimum Gasteiger partial charge on any atom is -0.382 e. The Morgan fingerprint density at radius 2 is 2.00 bits per heavy atom. The molecule has 0 unspecified atom stereocenters. The van der Waals surface area contributed by atoms with Gasteiger partial charge in [-0.05, 0) is 18.2 Å². The van der Waals surface area contributed by atoms with Crippen LogP contribution < -0.4 is 16.4 Å². The molecule has 120 valence electrons. The number of anilines is 1. The van der Waals surface area contributed by atoms with Gasteiger partial charge in [-0.15, -0.1) is 0 Å². The number of hydrogen-bond acceptors (Lipinski definition) is 5. The lowest BCUT2D eigenvalue weighted by Gasteiger charge is -2.29. The molecule has 0 saturated carbocycles. The van der Waals surface area contributed by atoms with Gasteiger partial charge in [0.2, 0.25) is 0 Å². The Bertz CT molecular complexity index is 972. The zero-order valence-corrected chi connectivity index (χ0v) is 14.2. The Morgan fingerprint density at radius 3 is 2.74 bits per heavy atom. The standard InChI is InChI=1S/C15H16BrN5O2/c1-19-13-12(21(15(19)22)20-4-6-23-7-5-20)10-8-9(16)2-3-11(10)18-14(13)17/h2-3,8H,4-7H2,1H3,(H2,17,18). The summed E-state index contributed by atoms with van der Waals surface area (Å²) in [6.07, 6.45) is 0. The third kappa shape index (κ3) is 2.13. The highest BCUT2D eigenvalue weighted by Gasteiger charge is 2.22. The van der Waals surface area contributed by atoms with Gasteiger partial charge >= 0.3 is 5.69 Å². The summed E-state index contributed by atoms with van der Waals surface area (Å²) in [5.74, 6) is 0.362. The van der Waals surface area contributed by atoms with Gasteiger partial charge in [0, 0.05) is 16.9 Å². The Labute approximate surface area is 140 Å². The van der Waals surface area contributed by atoms with E-state index < -0.39 is 0 Å². The molecule has 1 aliphatic heterocycles. The molecule has 0 spiro atoms. The molecule has 0 atom stereocenters. The molecule has 7 nitrogen and oxygen atoms in total. The van der Waals surface area contributed by atoms with E-state index in [9.17, 15) is 4.79 Å². The number of nitrogen functional groups attached to an aromatic ring is 1. The first-order valence-electron chi connectivity index (χ1n) is 7.37. The zero-order valence-electron chi connectivity index (χ0n) is 12.6. The van der Waals surface area contributed by atoms with Crippen LogP contribution in [0.5, 0.6) is 0 Å². The molecular formula is C15H16BrN5O2. The third-order valence-corrected chi connectivity index (χ3v) is 4.70. The van der Waals surface area contributed by atoms with Crippen molar-refractivity contribution in [3.63, 3.8) is 0 Å². The van der Waals surface area contributed by atoms with Crippen LogP contribution in [0, 0.1) is 0 Å². The first-order chi connectivity index (χ1) is 11.1. The summed E-state index contributed by atoms with van der Waals surface area (Å²) in [7, 11) is 1.73. The number of nitrogens with two attached hydrogens (primary N) is 1. The number of hydrogen-bond donors (Lipinski definition) is 1. The van der Waals surface area contributed by atoms with Crippen molar-refractivity contribution in [3.8, 4) is 0 Å². The number of imidazole rings is 1. The molecule has 23 heavy (non-hydrogen) atoms. The van der Waals surface area contributed by atoms with E-state index in [4.69, 9.17) is 10.5 Å². The van der Waals surface area contributed by atoms with Crippen LogP contribution in [0.3, 0.4) is 0 Å². The first-order valence-corrected chi connectivity index (χ1v) is 8.16. The number of halogens is 1. The monoisotopic (exact) mass is 377 g/mol. The molecule has 1 fully saturated rings. The van der Waals surface area contributed by atoms with Crippen molar-refractivity contribution in [2.24, 2.45) is 7.05 Å². The van der Waals surface area contributed by atoms with Gasteiger partial charge in [-0.2, -0.15) is 0 Å². The van der Waals surface area contributed by atoms with Crippen molar-refractivity contribution in [1.29, 1.82) is 0 Å². The highest BCUT2D eigenvalue weighted by Crippen LogP contribution is 2.29. The van der Waals surface area contributed by atoms with E-state index in [-0.39, 0.29) is 5.69 Å². The quantitative estimate of drug-likeness (QED) is 0.689. The number of fused-ring (bicyclic) bond motifs is 3. The lowest BCUT2D eigenvalue weighted by Crippen LogP contribution is -2.48. The zero-order chi connectivity index (χ0) is 16.1. The van der Waals surface area contributed by atoms with E-state index in [0.29, 0.717) is 37.6 Å². The number of rotatable bonds is 1. The fourth-order valence-corrected chi connectivity index (χ4v) is 3.48. The lowest BCUT2D eigenvalue weighted by molar-refractivity contribution is 0.111. The second-order valence-electron chi connectivity index (χ2n) is 5.58. The topological polar surface area (TPSA) is 78.3 Å². The van der Waals surface area contributed by atoms with Crippen molar-refractivity contribution in [2.45, 2.75) is 0 Å². The van der Waals surface area contributed by atoms with Crippen LogP contribution in [0.1, 0.15) is 0 Å². The van der Waals surface area contributed by atoms with Crippen molar-refractivity contribution in [1.82, 2.24) is 14.2 Å². The van der Waals surface area contributed by atoms with Gasteiger partial charge in [0.1, 0.15) is 11.0 Å². The minimum absolute atomic E-state index is 0.122. The second-order valence-corrected chi connectivity index (χ2v) is 6.49. The molecule has 1 aromatic carbocycles. The Morgan fingerprint density at radius 1 is 1.26 bits per heavy atom. The molecule has 0 radical (unpaired) electrons. The maximum atomic E-state index is 12.8. The SMILES string of the molecule is Cn1c(=O)n(N2CCOCC2)c2c3cc(Br)ccc3nc(N)c21. The van der Waals surface area contributed by atoms with E-state index in [0.717, 1.165) is 20.9 Å². The largest absolute Gasteiger partial charge is 0.382 e. The third-order valence-electron chi connectivity index (χ3n) is 4.21. The predicted molar refractivity (Wildman–Crippen MR) is 93.4 cm³/mol. The summed E-state index contributed by atoms with van der Waals surface area (Å²) >= 11 is 3.50. The number of benzene rings is 1. The van der Waals surface area contributed by atoms with Crippen LogP contribution in [0.25, 0.3) is 21.9 Å². The van der Waals surface area contributed by atoms with Crippen LogP contribution in [-0.4, -0.2) is 40.5 Å². The summed E-state index contributed by atoms with van der Waals surface area (Å²) in [5, 5.41) is 2.90. The molecule has 0 aliphatic carbocycles. The second kappa shape index (κ2) is 5.24. The van der Waals surface area contributed by atoms with Gasteiger partial charge in [-0.25, -0.2) is 14.5 Å². The van der Waals surface area contributed by atoms with Crippen LogP contribution in [0.2, 0.25) is 0 Å². The summed E-state index contributed by atoms with van der Waals surface area (Å²) < 4.78 is 9.61. The first kappa shape index (κ1) is 14.5. The van der Waals surface area contributed by atoms with Crippen molar-refractivity contribution in [2.75, 3.05) is 37.0 Å². The van der Waals surface area contributed by atoms with E-state index in [1.54, 1.807) is 16.3 Å². The van der Waals surface area contributed by atoms with E-state index in [1.807, 2.05) is 23.2 Å². The van der Waals surface area contributed by atoms with E-state index >= 15 is 0 Å². The minimum atomic E-state index is -0.122. The summed E-state index contributed by atoms with van der Waals surface area (Å²) in [6.45, 7) is 2.53. The average molecular weight is 378 g/mol. The molecule has 1 aliphatic rings. The normalized spacial score (nSPS) is 15.7. The van der Waals surface area contributed by atoms with Gasteiger partial charge in [0.15, 0.2) is 5.82 Å². The van der Waals surface area contributed by atoms with Gasteiger partial charge < -0.3 is 15.5 Å². The lowest BCUT2D eigenvalue weighted by atomic mass is 10.2. The average Bonchev–Trinajstić information content (AvgIpc) is 2.82. The highest BCUT2D eigenvalue weighted by molar-refractivity contribution is 9.10. The van der Waals surface area contributed by atoms with Crippen molar-refractivity contribution >= 4 is 43.7 Å². The molecule has 0 bridgehead atoms. The summed E-state index contributed by atoms with van der Waals surface area (Å²) in [5.41, 5.74) is 8.23. The van der Waals surface area contributed by atoms with Gasteiger partial charge in [0.05, 0.1) is 31.8 Å². The van der Waals surface area contributed by atoms with Gasteiger partial charge in [-0.1, -0.05) is 15.9 Å². The molecule has 2 aromatic heterocycles. The summed E-state index contributed by atoms with van der Waals surface area (Å²) in [6, 6.07) is 5.79. The van der Waals surface area contributed by atoms with Gasteiger partial charge in [-0.3, -0.25) is 4.57 Å². The Hall–Kier alpha value is -2.06. The fraction of sp³-hybridized carbons (Fsp3) is 0.333. The van der Waals surface area contributed by atoms with Crippen molar-refractivity contribution < 1.29 is 4.74 Å².